The molecule has 0 aliphatic heterocycles. The standard InChI is InChI=1S/C13H21N7S/c1-4-20-9-18-19-11(20)8-17-13(14-3)15-6-5-12-16-7-10(2)21-12/h7,9H,4-6,8H2,1-3H3,(H2,14,15,17). The maximum atomic E-state index is 4.34. The molecule has 0 unspecified atom stereocenters. The number of hydrogen-bond acceptors (Lipinski definition) is 5. The van der Waals surface area contributed by atoms with Gasteiger partial charge in [0.15, 0.2) is 11.8 Å². The fourth-order valence-electron chi connectivity index (χ4n) is 1.87. The zero-order valence-corrected chi connectivity index (χ0v) is 13.4. The van der Waals surface area contributed by atoms with Gasteiger partial charge in [-0.3, -0.25) is 4.99 Å². The lowest BCUT2D eigenvalue weighted by Gasteiger charge is -2.11. The van der Waals surface area contributed by atoms with E-state index in [-0.39, 0.29) is 0 Å². The van der Waals surface area contributed by atoms with E-state index in [9.17, 15) is 0 Å². The average Bonchev–Trinajstić information content (AvgIpc) is 3.11. The molecule has 0 atom stereocenters. The second-order valence-electron chi connectivity index (χ2n) is 4.50. The van der Waals surface area contributed by atoms with Crippen LogP contribution in [-0.2, 0) is 19.5 Å². The number of nitrogens with one attached hydrogen (secondary N) is 2. The van der Waals surface area contributed by atoms with E-state index in [4.69, 9.17) is 0 Å². The van der Waals surface area contributed by atoms with Gasteiger partial charge in [-0.25, -0.2) is 4.98 Å². The number of aryl methyl sites for hydroxylation is 2. The predicted octanol–water partition coefficient (Wildman–Crippen LogP) is 0.971. The molecule has 0 saturated carbocycles. The number of nitrogens with zero attached hydrogens (tertiary/aromatic N) is 5. The van der Waals surface area contributed by atoms with Gasteiger partial charge in [-0.15, -0.1) is 21.5 Å². The largest absolute Gasteiger partial charge is 0.356 e. The van der Waals surface area contributed by atoms with Gasteiger partial charge < -0.3 is 15.2 Å². The Morgan fingerprint density at radius 2 is 2.29 bits per heavy atom. The highest BCUT2D eigenvalue weighted by molar-refractivity contribution is 7.11. The number of aliphatic imine (C=N–C) groups is 1. The van der Waals surface area contributed by atoms with Crippen LogP contribution < -0.4 is 10.6 Å². The van der Waals surface area contributed by atoms with E-state index in [1.165, 1.54) is 4.88 Å². The van der Waals surface area contributed by atoms with E-state index < -0.39 is 0 Å². The second kappa shape index (κ2) is 7.72. The van der Waals surface area contributed by atoms with Gasteiger partial charge in [0.1, 0.15) is 6.33 Å². The summed E-state index contributed by atoms with van der Waals surface area (Å²) in [5.74, 6) is 1.66. The summed E-state index contributed by atoms with van der Waals surface area (Å²) >= 11 is 1.73. The molecule has 2 N–H and O–H groups in total. The molecule has 0 spiro atoms. The predicted molar refractivity (Wildman–Crippen MR) is 84.5 cm³/mol. The van der Waals surface area contributed by atoms with Crippen LogP contribution in [0.15, 0.2) is 17.5 Å². The molecule has 2 aromatic rings. The first kappa shape index (κ1) is 15.4. The first-order valence-corrected chi connectivity index (χ1v) is 7.77. The fourth-order valence-corrected chi connectivity index (χ4v) is 2.65. The summed E-state index contributed by atoms with van der Waals surface area (Å²) < 4.78 is 2.00. The monoisotopic (exact) mass is 307 g/mol. The molecule has 0 bridgehead atoms. The molecule has 0 saturated heterocycles. The summed E-state index contributed by atoms with van der Waals surface area (Å²) in [6, 6.07) is 0. The minimum atomic E-state index is 0.601. The Morgan fingerprint density at radius 1 is 1.43 bits per heavy atom. The van der Waals surface area contributed by atoms with Crippen molar-refractivity contribution in [3.63, 3.8) is 0 Å². The Balaban J connectivity index is 1.76. The third-order valence-electron chi connectivity index (χ3n) is 2.97. The topological polar surface area (TPSA) is 80.0 Å². The summed E-state index contributed by atoms with van der Waals surface area (Å²) in [5, 5.41) is 15.6. The zero-order valence-electron chi connectivity index (χ0n) is 12.6. The van der Waals surface area contributed by atoms with E-state index in [0.29, 0.717) is 6.54 Å². The van der Waals surface area contributed by atoms with Crippen LogP contribution in [-0.4, -0.2) is 39.3 Å². The van der Waals surface area contributed by atoms with E-state index in [2.05, 4.69) is 44.7 Å². The number of rotatable bonds is 6. The Kier molecular flexibility index (Phi) is 5.68. The van der Waals surface area contributed by atoms with Crippen LogP contribution in [0.25, 0.3) is 0 Å². The molecular formula is C13H21N7S. The van der Waals surface area contributed by atoms with Crippen molar-refractivity contribution < 1.29 is 0 Å². The van der Waals surface area contributed by atoms with Crippen molar-refractivity contribution in [2.24, 2.45) is 4.99 Å². The summed E-state index contributed by atoms with van der Waals surface area (Å²) in [6.07, 6.45) is 4.53. The number of guanidine groups is 1. The maximum absolute atomic E-state index is 4.34. The molecule has 0 fully saturated rings. The number of aromatic nitrogens is 4. The molecule has 21 heavy (non-hydrogen) atoms. The highest BCUT2D eigenvalue weighted by atomic mass is 32.1. The van der Waals surface area contributed by atoms with E-state index in [0.717, 1.165) is 36.3 Å². The molecule has 2 rings (SSSR count). The van der Waals surface area contributed by atoms with E-state index >= 15 is 0 Å². The van der Waals surface area contributed by atoms with Crippen molar-refractivity contribution >= 4 is 17.3 Å². The summed E-state index contributed by atoms with van der Waals surface area (Å²) in [4.78, 5) is 9.79. The van der Waals surface area contributed by atoms with Crippen molar-refractivity contribution in [1.82, 2.24) is 30.4 Å². The van der Waals surface area contributed by atoms with Gasteiger partial charge >= 0.3 is 0 Å². The van der Waals surface area contributed by atoms with Crippen LogP contribution in [0.5, 0.6) is 0 Å². The van der Waals surface area contributed by atoms with Gasteiger partial charge in [-0.2, -0.15) is 0 Å². The zero-order chi connectivity index (χ0) is 15.1. The molecule has 8 heteroatoms. The minimum absolute atomic E-state index is 0.601. The normalized spacial score (nSPS) is 11.7. The van der Waals surface area contributed by atoms with Crippen LogP contribution in [0.4, 0.5) is 0 Å². The van der Waals surface area contributed by atoms with Crippen molar-refractivity contribution in [1.29, 1.82) is 0 Å². The average molecular weight is 307 g/mol. The molecule has 7 nitrogen and oxygen atoms in total. The van der Waals surface area contributed by atoms with Gasteiger partial charge in [0.05, 0.1) is 11.6 Å². The maximum Gasteiger partial charge on any atom is 0.191 e. The Morgan fingerprint density at radius 3 is 2.95 bits per heavy atom. The third kappa shape index (κ3) is 4.52. The van der Waals surface area contributed by atoms with Crippen molar-refractivity contribution in [2.45, 2.75) is 33.4 Å². The van der Waals surface area contributed by atoms with Crippen molar-refractivity contribution in [3.8, 4) is 0 Å². The fraction of sp³-hybridized carbons (Fsp3) is 0.538. The first-order valence-electron chi connectivity index (χ1n) is 6.95. The van der Waals surface area contributed by atoms with Crippen LogP contribution in [0.3, 0.4) is 0 Å². The van der Waals surface area contributed by atoms with E-state index in [1.54, 1.807) is 24.7 Å². The molecule has 2 heterocycles. The lowest BCUT2D eigenvalue weighted by molar-refractivity contribution is 0.669. The lowest BCUT2D eigenvalue weighted by Crippen LogP contribution is -2.38. The van der Waals surface area contributed by atoms with E-state index in [1.807, 2.05) is 10.8 Å². The molecule has 2 aromatic heterocycles. The molecule has 0 aliphatic rings. The smallest absolute Gasteiger partial charge is 0.191 e. The second-order valence-corrected chi connectivity index (χ2v) is 5.82. The van der Waals surface area contributed by atoms with Gasteiger partial charge in [0, 0.05) is 37.6 Å². The number of thiazole rings is 1. The Hall–Kier alpha value is -1.96. The summed E-state index contributed by atoms with van der Waals surface area (Å²) in [5.41, 5.74) is 0. The number of hydrogen-bond donors (Lipinski definition) is 2. The summed E-state index contributed by atoms with van der Waals surface area (Å²) in [6.45, 7) is 6.39. The molecule has 114 valence electrons. The van der Waals surface area contributed by atoms with Crippen LogP contribution >= 0.6 is 11.3 Å². The highest BCUT2D eigenvalue weighted by Crippen LogP contribution is 2.10. The van der Waals surface area contributed by atoms with Crippen LogP contribution in [0.1, 0.15) is 22.6 Å². The molecule has 0 amide bonds. The Labute approximate surface area is 128 Å². The summed E-state index contributed by atoms with van der Waals surface area (Å²) in [7, 11) is 1.76. The van der Waals surface area contributed by atoms with Gasteiger partial charge in [0.2, 0.25) is 0 Å². The molecular weight excluding hydrogens is 286 g/mol. The first-order chi connectivity index (χ1) is 10.2. The third-order valence-corrected chi connectivity index (χ3v) is 3.95. The van der Waals surface area contributed by atoms with Gasteiger partial charge in [-0.1, -0.05) is 0 Å². The van der Waals surface area contributed by atoms with Crippen molar-refractivity contribution in [3.05, 3.63) is 28.2 Å². The molecule has 0 aliphatic carbocycles. The SMILES string of the molecule is CCn1cnnc1CNC(=NC)NCCc1ncc(C)s1. The minimum Gasteiger partial charge on any atom is -0.356 e. The molecule has 0 aromatic carbocycles. The van der Waals surface area contributed by atoms with Gasteiger partial charge in [-0.05, 0) is 13.8 Å². The van der Waals surface area contributed by atoms with Crippen LogP contribution in [0, 0.1) is 6.92 Å². The van der Waals surface area contributed by atoms with Gasteiger partial charge in [0.25, 0.3) is 0 Å². The lowest BCUT2D eigenvalue weighted by atomic mass is 10.4. The van der Waals surface area contributed by atoms with Crippen LogP contribution in [0.2, 0.25) is 0 Å². The van der Waals surface area contributed by atoms with Crippen molar-refractivity contribution in [2.75, 3.05) is 13.6 Å². The molecule has 0 radical (unpaired) electrons. The quantitative estimate of drug-likeness (QED) is 0.614. The Bertz CT molecular complexity index is 587. The highest BCUT2D eigenvalue weighted by Gasteiger charge is 2.04.